The number of rotatable bonds is 3. The van der Waals surface area contributed by atoms with Crippen LogP contribution in [-0.4, -0.2) is 24.5 Å². The Bertz CT molecular complexity index is 861. The van der Waals surface area contributed by atoms with Crippen molar-refractivity contribution in [3.8, 4) is 10.6 Å². The lowest BCUT2D eigenvalue weighted by molar-refractivity contribution is -0.141. The van der Waals surface area contributed by atoms with E-state index < -0.39 is 28.2 Å². The molecule has 0 aromatic carbocycles. The van der Waals surface area contributed by atoms with Gasteiger partial charge in [-0.25, -0.2) is 0 Å². The van der Waals surface area contributed by atoms with E-state index >= 15 is 0 Å². The predicted molar refractivity (Wildman–Crippen MR) is 82.1 cm³/mol. The van der Waals surface area contributed by atoms with Gasteiger partial charge in [0.1, 0.15) is 6.20 Å². The van der Waals surface area contributed by atoms with Gasteiger partial charge in [-0.15, -0.1) is 11.3 Å². The lowest BCUT2D eigenvalue weighted by Crippen LogP contribution is -2.16. The van der Waals surface area contributed by atoms with Gasteiger partial charge in [0.2, 0.25) is 0 Å². The fourth-order valence-electron chi connectivity index (χ4n) is 1.71. The van der Waals surface area contributed by atoms with Crippen molar-refractivity contribution in [1.29, 1.82) is 0 Å². The van der Waals surface area contributed by atoms with Gasteiger partial charge in [-0.3, -0.25) is 4.98 Å². The van der Waals surface area contributed by atoms with Crippen LogP contribution in [0.1, 0.15) is 5.69 Å². The van der Waals surface area contributed by atoms with Crippen molar-refractivity contribution < 1.29 is 17.7 Å². The second-order valence-corrected chi connectivity index (χ2v) is 7.00. The van der Waals surface area contributed by atoms with Crippen LogP contribution in [0.3, 0.4) is 0 Å². The minimum Gasteiger partial charge on any atom is -0.603 e. The smallest absolute Gasteiger partial charge is 0.433 e. The molecule has 0 aliphatic carbocycles. The van der Waals surface area contributed by atoms with Crippen LogP contribution in [0.15, 0.2) is 46.2 Å². The molecule has 0 radical (unpaired) electrons. The van der Waals surface area contributed by atoms with Gasteiger partial charge in [-0.2, -0.15) is 28.1 Å². The van der Waals surface area contributed by atoms with Crippen LogP contribution in [-0.2, 0) is 17.4 Å². The molecule has 1 atom stereocenters. The van der Waals surface area contributed by atoms with E-state index in [9.17, 15) is 17.7 Å². The summed E-state index contributed by atoms with van der Waals surface area (Å²) in [6.45, 7) is 0. The maximum Gasteiger partial charge on any atom is 0.433 e. The Kier molecular flexibility index (Phi) is 4.72. The molecular weight excluding hydrogens is 385 g/mol. The minimum atomic E-state index is -4.70. The maximum absolute atomic E-state index is 13.1. The summed E-state index contributed by atoms with van der Waals surface area (Å²) in [6, 6.07) is 4.10. The Morgan fingerprint density at radius 2 is 1.96 bits per heavy atom. The van der Waals surface area contributed by atoms with Gasteiger partial charge in [-0.1, -0.05) is 17.7 Å². The van der Waals surface area contributed by atoms with Crippen LogP contribution < -0.4 is 0 Å². The zero-order valence-corrected chi connectivity index (χ0v) is 13.9. The van der Waals surface area contributed by atoms with E-state index in [1.807, 2.05) is 0 Å². The Labute approximate surface area is 145 Å². The molecule has 24 heavy (non-hydrogen) atoms. The summed E-state index contributed by atoms with van der Waals surface area (Å²) in [4.78, 5) is 15.3. The molecule has 0 amide bonds. The molecule has 0 saturated carbocycles. The number of hydrogen-bond donors (Lipinski definition) is 0. The van der Waals surface area contributed by atoms with Crippen LogP contribution in [0.4, 0.5) is 13.2 Å². The van der Waals surface area contributed by atoms with Crippen LogP contribution in [0.25, 0.3) is 10.6 Å². The number of alkyl halides is 3. The molecule has 3 rings (SSSR count). The lowest BCUT2D eigenvalue weighted by Gasteiger charge is -2.11. The number of aromatic nitrogens is 4. The molecule has 0 aliphatic rings. The zero-order valence-electron chi connectivity index (χ0n) is 11.5. The first-order chi connectivity index (χ1) is 11.3. The van der Waals surface area contributed by atoms with Crippen molar-refractivity contribution in [3.05, 3.63) is 46.8 Å². The normalized spacial score (nSPS) is 13.0. The topological polar surface area (TPSA) is 74.6 Å². The molecule has 0 fully saturated rings. The van der Waals surface area contributed by atoms with Gasteiger partial charge in [-0.05, 0) is 17.5 Å². The summed E-state index contributed by atoms with van der Waals surface area (Å²) >= 11 is 4.72. The van der Waals surface area contributed by atoms with Crippen LogP contribution in [0.5, 0.6) is 0 Å². The molecular formula is C13H6ClF3N4OS2. The first kappa shape index (κ1) is 17.1. The van der Waals surface area contributed by atoms with E-state index in [1.165, 1.54) is 17.5 Å². The highest BCUT2D eigenvalue weighted by molar-refractivity contribution is 7.91. The van der Waals surface area contributed by atoms with E-state index in [0.29, 0.717) is 4.88 Å². The molecule has 0 spiro atoms. The largest absolute Gasteiger partial charge is 0.603 e. The summed E-state index contributed by atoms with van der Waals surface area (Å²) < 4.78 is 51.7. The summed E-state index contributed by atoms with van der Waals surface area (Å²) in [6.07, 6.45) is -2.35. The third kappa shape index (κ3) is 3.66. The molecule has 5 nitrogen and oxygen atoms in total. The van der Waals surface area contributed by atoms with E-state index in [0.717, 1.165) is 12.3 Å². The molecule has 3 aromatic heterocycles. The monoisotopic (exact) mass is 390 g/mol. The third-order valence-electron chi connectivity index (χ3n) is 2.71. The SMILES string of the molecule is [O-][S+](c1cncc(Cl)n1)c1nc(-c2cccs2)cc(C(F)(F)F)n1. The van der Waals surface area contributed by atoms with Crippen molar-refractivity contribution in [2.45, 2.75) is 16.4 Å². The fourth-order valence-corrected chi connectivity index (χ4v) is 3.48. The minimum absolute atomic E-state index is 0.0330. The second kappa shape index (κ2) is 6.63. The molecule has 0 bridgehead atoms. The average molecular weight is 391 g/mol. The van der Waals surface area contributed by atoms with Crippen LogP contribution in [0, 0.1) is 0 Å². The van der Waals surface area contributed by atoms with Crippen molar-refractivity contribution >= 4 is 34.1 Å². The standard InChI is InChI=1S/C13H6ClF3N4OS2/c14-10-5-18-6-11(21-10)24(22)12-19-7(8-2-1-3-23-8)4-9(20-12)13(15,16)17/h1-6H. The molecule has 11 heteroatoms. The van der Waals surface area contributed by atoms with Gasteiger partial charge >= 0.3 is 11.3 Å². The van der Waals surface area contributed by atoms with Gasteiger partial charge in [0.05, 0.1) is 27.9 Å². The quantitative estimate of drug-likeness (QED) is 0.502. The van der Waals surface area contributed by atoms with Crippen molar-refractivity contribution in [2.24, 2.45) is 0 Å². The molecule has 0 N–H and O–H groups in total. The Morgan fingerprint density at radius 1 is 1.17 bits per heavy atom. The molecule has 3 heterocycles. The summed E-state index contributed by atoms with van der Waals surface area (Å²) in [7, 11) is 0. The highest BCUT2D eigenvalue weighted by Gasteiger charge is 2.36. The average Bonchev–Trinajstić information content (AvgIpc) is 3.07. The van der Waals surface area contributed by atoms with Crippen LogP contribution >= 0.6 is 22.9 Å². The van der Waals surface area contributed by atoms with Crippen molar-refractivity contribution in [2.75, 3.05) is 0 Å². The van der Waals surface area contributed by atoms with E-state index in [4.69, 9.17) is 11.6 Å². The number of halogens is 4. The number of thiophene rings is 1. The fraction of sp³-hybridized carbons (Fsp3) is 0.0769. The van der Waals surface area contributed by atoms with E-state index in [2.05, 4.69) is 19.9 Å². The Balaban J connectivity index is 2.11. The molecule has 1 unspecified atom stereocenters. The molecule has 3 aromatic rings. The van der Waals surface area contributed by atoms with Crippen molar-refractivity contribution in [3.63, 3.8) is 0 Å². The van der Waals surface area contributed by atoms with Crippen LogP contribution in [0.2, 0.25) is 5.15 Å². The Hall–Kier alpha value is -1.75. The molecule has 0 aliphatic heterocycles. The summed E-state index contributed by atoms with van der Waals surface area (Å²) in [5, 5.41) is 1.03. The third-order valence-corrected chi connectivity index (χ3v) is 4.87. The van der Waals surface area contributed by atoms with E-state index in [1.54, 1.807) is 17.5 Å². The first-order valence-electron chi connectivity index (χ1n) is 6.24. The summed E-state index contributed by atoms with van der Waals surface area (Å²) in [5.74, 6) is 0. The van der Waals surface area contributed by atoms with Gasteiger partial charge in [0.15, 0.2) is 10.8 Å². The zero-order chi connectivity index (χ0) is 17.3. The lowest BCUT2D eigenvalue weighted by atomic mass is 10.3. The van der Waals surface area contributed by atoms with Crippen molar-refractivity contribution in [1.82, 2.24) is 19.9 Å². The highest BCUT2D eigenvalue weighted by atomic mass is 35.5. The molecule has 124 valence electrons. The number of hydrogen-bond acceptors (Lipinski definition) is 6. The Morgan fingerprint density at radius 3 is 2.58 bits per heavy atom. The maximum atomic E-state index is 13.1. The van der Waals surface area contributed by atoms with Gasteiger partial charge in [0.25, 0.3) is 5.03 Å². The van der Waals surface area contributed by atoms with Gasteiger partial charge < -0.3 is 4.55 Å². The first-order valence-corrected chi connectivity index (χ1v) is 8.65. The number of nitrogens with zero attached hydrogens (tertiary/aromatic N) is 4. The molecule has 0 saturated heterocycles. The predicted octanol–water partition coefficient (Wildman–Crippen LogP) is 3.83. The van der Waals surface area contributed by atoms with Gasteiger partial charge in [0, 0.05) is 0 Å². The highest BCUT2D eigenvalue weighted by Crippen LogP contribution is 2.33. The van der Waals surface area contributed by atoms with E-state index in [-0.39, 0.29) is 15.9 Å². The second-order valence-electron chi connectivity index (χ2n) is 4.34. The summed E-state index contributed by atoms with van der Waals surface area (Å²) in [5.41, 5.74) is -1.15.